The second-order valence-corrected chi connectivity index (χ2v) is 3.73. The number of hydrogen-bond acceptors (Lipinski definition) is 1. The minimum absolute atomic E-state index is 0.323. The van der Waals surface area contributed by atoms with E-state index in [4.69, 9.17) is 0 Å². The molecule has 0 saturated heterocycles. The molecular formula is C12H18O. The highest BCUT2D eigenvalue weighted by molar-refractivity contribution is 5.81. The Balaban J connectivity index is 2.34. The molecule has 0 aromatic heterocycles. The van der Waals surface area contributed by atoms with Crippen LogP contribution in [-0.2, 0) is 4.79 Å². The van der Waals surface area contributed by atoms with Crippen LogP contribution < -0.4 is 0 Å². The molecule has 1 atom stereocenters. The van der Waals surface area contributed by atoms with Crippen LogP contribution in [0.15, 0.2) is 0 Å². The minimum Gasteiger partial charge on any atom is -0.299 e. The topological polar surface area (TPSA) is 17.1 Å². The SMILES string of the molecule is CC#CCCC1CCCCCC1=O. The molecule has 0 aromatic carbocycles. The Morgan fingerprint density at radius 3 is 3.00 bits per heavy atom. The summed E-state index contributed by atoms with van der Waals surface area (Å²) in [6, 6.07) is 0. The van der Waals surface area contributed by atoms with Gasteiger partial charge in [0.05, 0.1) is 0 Å². The van der Waals surface area contributed by atoms with Crippen LogP contribution in [0.25, 0.3) is 0 Å². The number of ketones is 1. The van der Waals surface area contributed by atoms with Crippen molar-refractivity contribution >= 4 is 5.78 Å². The summed E-state index contributed by atoms with van der Waals surface area (Å²) in [6.07, 6.45) is 7.37. The highest BCUT2D eigenvalue weighted by atomic mass is 16.1. The van der Waals surface area contributed by atoms with Crippen molar-refractivity contribution in [2.75, 3.05) is 0 Å². The molecule has 0 radical (unpaired) electrons. The van der Waals surface area contributed by atoms with Crippen LogP contribution in [-0.4, -0.2) is 5.78 Å². The maximum atomic E-state index is 11.6. The first-order valence-electron chi connectivity index (χ1n) is 5.27. The van der Waals surface area contributed by atoms with Gasteiger partial charge in [-0.05, 0) is 26.2 Å². The number of hydrogen-bond donors (Lipinski definition) is 0. The van der Waals surface area contributed by atoms with E-state index < -0.39 is 0 Å². The largest absolute Gasteiger partial charge is 0.299 e. The summed E-state index contributed by atoms with van der Waals surface area (Å²) in [5, 5.41) is 0. The van der Waals surface area contributed by atoms with E-state index in [0.29, 0.717) is 11.7 Å². The first-order valence-corrected chi connectivity index (χ1v) is 5.27. The minimum atomic E-state index is 0.323. The summed E-state index contributed by atoms with van der Waals surface area (Å²) < 4.78 is 0. The molecule has 0 spiro atoms. The van der Waals surface area contributed by atoms with Crippen LogP contribution in [0.5, 0.6) is 0 Å². The second-order valence-electron chi connectivity index (χ2n) is 3.73. The van der Waals surface area contributed by atoms with Crippen LogP contribution in [0.2, 0.25) is 0 Å². The molecule has 13 heavy (non-hydrogen) atoms. The molecule has 0 amide bonds. The highest BCUT2D eigenvalue weighted by Crippen LogP contribution is 2.23. The van der Waals surface area contributed by atoms with E-state index in [1.807, 2.05) is 6.92 Å². The first-order chi connectivity index (χ1) is 6.34. The van der Waals surface area contributed by atoms with Gasteiger partial charge in [0.1, 0.15) is 5.78 Å². The van der Waals surface area contributed by atoms with Gasteiger partial charge in [-0.15, -0.1) is 11.8 Å². The molecule has 1 heteroatoms. The summed E-state index contributed by atoms with van der Waals surface area (Å²) in [4.78, 5) is 11.6. The van der Waals surface area contributed by atoms with Gasteiger partial charge >= 0.3 is 0 Å². The molecular weight excluding hydrogens is 160 g/mol. The Labute approximate surface area is 80.9 Å². The molecule has 1 aliphatic rings. The van der Waals surface area contributed by atoms with Crippen molar-refractivity contribution in [3.05, 3.63) is 0 Å². The fourth-order valence-electron chi connectivity index (χ4n) is 1.91. The third-order valence-electron chi connectivity index (χ3n) is 2.73. The molecule has 0 aromatic rings. The third kappa shape index (κ3) is 3.63. The fourth-order valence-corrected chi connectivity index (χ4v) is 1.91. The predicted molar refractivity (Wildman–Crippen MR) is 54.3 cm³/mol. The summed E-state index contributed by atoms with van der Waals surface area (Å²) in [5.74, 6) is 6.72. The van der Waals surface area contributed by atoms with Gasteiger partial charge in [0, 0.05) is 18.8 Å². The van der Waals surface area contributed by atoms with E-state index in [1.165, 1.54) is 12.8 Å². The fraction of sp³-hybridized carbons (Fsp3) is 0.750. The Hall–Kier alpha value is -0.770. The van der Waals surface area contributed by atoms with Crippen molar-refractivity contribution < 1.29 is 4.79 Å². The molecule has 1 saturated carbocycles. The van der Waals surface area contributed by atoms with Crippen LogP contribution in [0.3, 0.4) is 0 Å². The molecule has 0 bridgehead atoms. The molecule has 1 aliphatic carbocycles. The maximum Gasteiger partial charge on any atom is 0.136 e. The normalized spacial score (nSPS) is 23.2. The smallest absolute Gasteiger partial charge is 0.136 e. The Morgan fingerprint density at radius 2 is 2.23 bits per heavy atom. The molecule has 1 unspecified atom stereocenters. The molecule has 0 heterocycles. The van der Waals surface area contributed by atoms with Crippen LogP contribution >= 0.6 is 0 Å². The van der Waals surface area contributed by atoms with Gasteiger partial charge in [-0.3, -0.25) is 4.79 Å². The van der Waals surface area contributed by atoms with E-state index in [0.717, 1.165) is 32.1 Å². The Morgan fingerprint density at radius 1 is 1.38 bits per heavy atom. The molecule has 1 fully saturated rings. The van der Waals surface area contributed by atoms with Gasteiger partial charge in [0.15, 0.2) is 0 Å². The quantitative estimate of drug-likeness (QED) is 0.469. The summed E-state index contributed by atoms with van der Waals surface area (Å²) in [7, 11) is 0. The predicted octanol–water partition coefficient (Wildman–Crippen LogP) is 2.94. The average Bonchev–Trinajstić information content (AvgIpc) is 2.32. The van der Waals surface area contributed by atoms with Crippen molar-refractivity contribution in [3.8, 4) is 11.8 Å². The van der Waals surface area contributed by atoms with E-state index >= 15 is 0 Å². The lowest BCUT2D eigenvalue weighted by atomic mass is 9.94. The zero-order chi connectivity index (χ0) is 9.52. The number of carbonyl (C=O) groups is 1. The average molecular weight is 178 g/mol. The molecule has 1 rings (SSSR count). The van der Waals surface area contributed by atoms with Crippen molar-refractivity contribution in [3.63, 3.8) is 0 Å². The second kappa shape index (κ2) is 5.80. The van der Waals surface area contributed by atoms with Gasteiger partial charge in [-0.1, -0.05) is 12.8 Å². The van der Waals surface area contributed by atoms with Crippen LogP contribution in [0, 0.1) is 17.8 Å². The van der Waals surface area contributed by atoms with Crippen LogP contribution in [0.4, 0.5) is 0 Å². The Kier molecular flexibility index (Phi) is 4.60. The molecule has 72 valence electrons. The molecule has 1 nitrogen and oxygen atoms in total. The van der Waals surface area contributed by atoms with Crippen molar-refractivity contribution in [1.82, 2.24) is 0 Å². The first kappa shape index (κ1) is 10.3. The van der Waals surface area contributed by atoms with Crippen LogP contribution in [0.1, 0.15) is 51.9 Å². The third-order valence-corrected chi connectivity index (χ3v) is 2.73. The lowest BCUT2D eigenvalue weighted by molar-refractivity contribution is -0.122. The lowest BCUT2D eigenvalue weighted by Crippen LogP contribution is -2.11. The zero-order valence-electron chi connectivity index (χ0n) is 8.44. The van der Waals surface area contributed by atoms with Gasteiger partial charge in [0.2, 0.25) is 0 Å². The van der Waals surface area contributed by atoms with Gasteiger partial charge in [-0.25, -0.2) is 0 Å². The van der Waals surface area contributed by atoms with Crippen molar-refractivity contribution in [1.29, 1.82) is 0 Å². The zero-order valence-corrected chi connectivity index (χ0v) is 8.44. The Bertz CT molecular complexity index is 219. The highest BCUT2D eigenvalue weighted by Gasteiger charge is 2.19. The lowest BCUT2D eigenvalue weighted by Gasteiger charge is -2.09. The van der Waals surface area contributed by atoms with E-state index in [-0.39, 0.29) is 0 Å². The standard InChI is InChI=1S/C12H18O/c1-2-3-5-8-11-9-6-4-7-10-12(11)13/h11H,4-10H2,1H3. The summed E-state index contributed by atoms with van der Waals surface area (Å²) >= 11 is 0. The molecule has 0 N–H and O–H groups in total. The number of carbonyl (C=O) groups excluding carboxylic acids is 1. The maximum absolute atomic E-state index is 11.6. The van der Waals surface area contributed by atoms with E-state index in [2.05, 4.69) is 11.8 Å². The summed E-state index contributed by atoms with van der Waals surface area (Å²) in [5.41, 5.74) is 0. The van der Waals surface area contributed by atoms with Gasteiger partial charge in [0.25, 0.3) is 0 Å². The summed E-state index contributed by atoms with van der Waals surface area (Å²) in [6.45, 7) is 1.86. The van der Waals surface area contributed by atoms with Gasteiger partial charge < -0.3 is 0 Å². The number of rotatable bonds is 2. The van der Waals surface area contributed by atoms with E-state index in [1.54, 1.807) is 0 Å². The van der Waals surface area contributed by atoms with Crippen molar-refractivity contribution in [2.45, 2.75) is 51.9 Å². The van der Waals surface area contributed by atoms with E-state index in [9.17, 15) is 4.79 Å². The number of Topliss-reactive ketones (excluding diaryl/α,β-unsaturated/α-hetero) is 1. The molecule has 0 aliphatic heterocycles. The van der Waals surface area contributed by atoms with Gasteiger partial charge in [-0.2, -0.15) is 0 Å². The van der Waals surface area contributed by atoms with Crippen molar-refractivity contribution in [2.24, 2.45) is 5.92 Å². The monoisotopic (exact) mass is 178 g/mol.